The fourth-order valence-corrected chi connectivity index (χ4v) is 7.53. The van der Waals surface area contributed by atoms with Crippen molar-refractivity contribution in [2.75, 3.05) is 24.7 Å². The molecule has 4 heterocycles. The fraction of sp³-hybridized carbons (Fsp3) is 0.500. The van der Waals surface area contributed by atoms with E-state index in [1.807, 2.05) is 87.5 Å². The SMILES string of the molecule is CC(C)C[C@H](CO)N1C(=O)[C@@H]2[C@H]3C(=O)OCCCC/C=C\[C@@]3(C)O[C@@]23C=CCN(c2ccc4ccccc4c2)C(=O)C13. The van der Waals surface area contributed by atoms with Gasteiger partial charge >= 0.3 is 5.97 Å². The molecule has 2 fully saturated rings. The Morgan fingerprint density at radius 2 is 1.76 bits per heavy atom. The molecule has 0 saturated carbocycles. The Morgan fingerprint density at radius 3 is 2.52 bits per heavy atom. The van der Waals surface area contributed by atoms with Crippen molar-refractivity contribution in [1.29, 1.82) is 0 Å². The van der Waals surface area contributed by atoms with Gasteiger partial charge in [-0.3, -0.25) is 14.4 Å². The first-order valence-electron chi connectivity index (χ1n) is 15.2. The number of ether oxygens (including phenoxy) is 2. The van der Waals surface area contributed by atoms with Crippen LogP contribution in [-0.4, -0.2) is 70.8 Å². The molecule has 8 nitrogen and oxygen atoms in total. The van der Waals surface area contributed by atoms with E-state index in [-0.39, 0.29) is 37.5 Å². The van der Waals surface area contributed by atoms with Gasteiger partial charge in [-0.2, -0.15) is 0 Å². The molecular weight excluding hydrogens is 532 g/mol. The number of aliphatic hydroxyl groups excluding tert-OH is 1. The quantitative estimate of drug-likeness (QED) is 0.422. The van der Waals surface area contributed by atoms with Crippen LogP contribution in [0.3, 0.4) is 0 Å². The maximum atomic E-state index is 14.8. The lowest BCUT2D eigenvalue weighted by Crippen LogP contribution is -2.59. The van der Waals surface area contributed by atoms with E-state index < -0.39 is 41.1 Å². The second kappa shape index (κ2) is 11.0. The third-order valence-corrected chi connectivity index (χ3v) is 9.33. The number of aliphatic hydroxyl groups is 1. The summed E-state index contributed by atoms with van der Waals surface area (Å²) in [4.78, 5) is 46.3. The molecule has 1 spiro atoms. The second-order valence-electron chi connectivity index (χ2n) is 12.7. The average Bonchev–Trinajstić information content (AvgIpc) is 3.30. The lowest BCUT2D eigenvalue weighted by molar-refractivity contribution is -0.160. The number of fused-ring (bicyclic) bond motifs is 3. The smallest absolute Gasteiger partial charge is 0.313 e. The highest BCUT2D eigenvalue weighted by Gasteiger charge is 2.75. The topological polar surface area (TPSA) is 96.4 Å². The normalized spacial score (nSPS) is 32.8. The van der Waals surface area contributed by atoms with Gasteiger partial charge in [0.25, 0.3) is 5.91 Å². The number of amides is 2. The molecular formula is C34H40N2O6. The number of hydrogen-bond donors (Lipinski definition) is 1. The van der Waals surface area contributed by atoms with Crippen molar-refractivity contribution in [2.45, 2.75) is 69.7 Å². The monoisotopic (exact) mass is 572 g/mol. The molecule has 4 aliphatic heterocycles. The number of likely N-dealkylation sites (tertiary alicyclic amines) is 1. The highest BCUT2D eigenvalue weighted by Crippen LogP contribution is 2.57. The van der Waals surface area contributed by atoms with E-state index in [1.54, 1.807) is 4.90 Å². The Bertz CT molecular complexity index is 1450. The lowest BCUT2D eigenvalue weighted by atomic mass is 9.74. The van der Waals surface area contributed by atoms with E-state index in [9.17, 15) is 19.5 Å². The highest BCUT2D eigenvalue weighted by molar-refractivity contribution is 6.06. The van der Waals surface area contributed by atoms with Gasteiger partial charge < -0.3 is 24.4 Å². The van der Waals surface area contributed by atoms with Crippen LogP contribution in [0.15, 0.2) is 66.8 Å². The third-order valence-electron chi connectivity index (χ3n) is 9.33. The number of carbonyl (C=O) groups is 3. The van der Waals surface area contributed by atoms with E-state index in [0.717, 1.165) is 30.0 Å². The minimum atomic E-state index is -1.40. The summed E-state index contributed by atoms with van der Waals surface area (Å²) in [5.74, 6) is -2.88. The Kier molecular flexibility index (Phi) is 7.48. The summed E-state index contributed by atoms with van der Waals surface area (Å²) in [6.07, 6.45) is 10.5. The Morgan fingerprint density at radius 1 is 0.976 bits per heavy atom. The first kappa shape index (κ1) is 28.6. The second-order valence-corrected chi connectivity index (χ2v) is 12.7. The van der Waals surface area contributed by atoms with Gasteiger partial charge in [0, 0.05) is 12.2 Å². The van der Waals surface area contributed by atoms with Crippen LogP contribution in [-0.2, 0) is 23.9 Å². The van der Waals surface area contributed by atoms with Crippen molar-refractivity contribution < 1.29 is 29.0 Å². The van der Waals surface area contributed by atoms with Crippen molar-refractivity contribution in [2.24, 2.45) is 17.8 Å². The van der Waals surface area contributed by atoms with Gasteiger partial charge in [0.1, 0.15) is 17.6 Å². The Balaban J connectivity index is 1.50. The van der Waals surface area contributed by atoms with E-state index in [4.69, 9.17) is 9.47 Å². The number of cyclic esters (lactones) is 1. The summed E-state index contributed by atoms with van der Waals surface area (Å²) >= 11 is 0. The number of rotatable bonds is 5. The molecule has 2 aromatic carbocycles. The molecule has 1 unspecified atom stereocenters. The summed E-state index contributed by atoms with van der Waals surface area (Å²) in [5.41, 5.74) is -1.83. The number of benzene rings is 2. The first-order valence-corrected chi connectivity index (χ1v) is 15.2. The zero-order valence-corrected chi connectivity index (χ0v) is 24.6. The van der Waals surface area contributed by atoms with Crippen LogP contribution in [0.5, 0.6) is 0 Å². The van der Waals surface area contributed by atoms with Crippen LogP contribution in [0.1, 0.15) is 46.5 Å². The van der Waals surface area contributed by atoms with Gasteiger partial charge in [-0.05, 0) is 61.4 Å². The standard InChI is InChI=1S/C34H40N2O6/c1-22(2)19-26(21-37)36-29-31(39)35(25-14-13-23-11-6-7-12-24(23)20-25)17-10-16-34(29)27(30(36)38)28-32(40)41-18-9-5-4-8-15-33(28,3)42-34/h6-8,10-16,20,22,26-29,37H,4-5,9,17-19,21H2,1-3H3/b15-8-/t26-,27+,28+,29?,33-,34+/m1/s1. The van der Waals surface area contributed by atoms with Gasteiger partial charge in [-0.15, -0.1) is 0 Å². The van der Waals surface area contributed by atoms with Gasteiger partial charge in [-0.25, -0.2) is 0 Å². The zero-order chi connectivity index (χ0) is 29.6. The summed E-state index contributed by atoms with van der Waals surface area (Å²) < 4.78 is 12.6. The number of allylic oxidation sites excluding steroid dienone is 1. The number of esters is 1. The van der Waals surface area contributed by atoms with E-state index >= 15 is 0 Å². The van der Waals surface area contributed by atoms with Crippen LogP contribution >= 0.6 is 0 Å². The van der Waals surface area contributed by atoms with E-state index in [0.29, 0.717) is 12.1 Å². The minimum Gasteiger partial charge on any atom is -0.465 e. The first-order chi connectivity index (χ1) is 20.2. The van der Waals surface area contributed by atoms with Crippen molar-refractivity contribution in [3.05, 3.63) is 66.8 Å². The van der Waals surface area contributed by atoms with Gasteiger partial charge in [0.05, 0.1) is 30.8 Å². The van der Waals surface area contributed by atoms with Crippen LogP contribution in [0.25, 0.3) is 10.8 Å². The molecule has 1 N–H and O–H groups in total. The molecule has 2 saturated heterocycles. The largest absolute Gasteiger partial charge is 0.465 e. The predicted octanol–water partition coefficient (Wildman–Crippen LogP) is 4.40. The molecule has 6 atom stereocenters. The summed E-state index contributed by atoms with van der Waals surface area (Å²) in [6, 6.07) is 12.2. The van der Waals surface area contributed by atoms with Crippen molar-refractivity contribution in [1.82, 2.24) is 4.90 Å². The van der Waals surface area contributed by atoms with Crippen LogP contribution in [0, 0.1) is 17.8 Å². The molecule has 222 valence electrons. The van der Waals surface area contributed by atoms with Gasteiger partial charge in [0.15, 0.2) is 0 Å². The summed E-state index contributed by atoms with van der Waals surface area (Å²) in [7, 11) is 0. The number of anilines is 1. The minimum absolute atomic E-state index is 0.159. The number of carbonyl (C=O) groups excluding carboxylic acids is 3. The molecule has 8 heteroatoms. The molecule has 6 rings (SSSR count). The van der Waals surface area contributed by atoms with Crippen LogP contribution in [0.2, 0.25) is 0 Å². The predicted molar refractivity (Wildman–Crippen MR) is 160 cm³/mol. The Hall–Kier alpha value is -3.49. The third kappa shape index (κ3) is 4.56. The Labute approximate surface area is 246 Å². The molecule has 4 aliphatic rings. The average molecular weight is 573 g/mol. The zero-order valence-electron chi connectivity index (χ0n) is 24.6. The van der Waals surface area contributed by atoms with Gasteiger partial charge in [-0.1, -0.05) is 68.5 Å². The molecule has 42 heavy (non-hydrogen) atoms. The molecule has 2 amide bonds. The highest BCUT2D eigenvalue weighted by atomic mass is 16.6. The van der Waals surface area contributed by atoms with E-state index in [1.165, 1.54) is 4.90 Å². The molecule has 0 radical (unpaired) electrons. The maximum Gasteiger partial charge on any atom is 0.313 e. The van der Waals surface area contributed by atoms with Crippen LogP contribution in [0.4, 0.5) is 5.69 Å². The van der Waals surface area contributed by atoms with Gasteiger partial charge in [0.2, 0.25) is 5.91 Å². The maximum absolute atomic E-state index is 14.8. The fourth-order valence-electron chi connectivity index (χ4n) is 7.53. The van der Waals surface area contributed by atoms with Crippen molar-refractivity contribution in [3.8, 4) is 0 Å². The van der Waals surface area contributed by atoms with Crippen molar-refractivity contribution in [3.63, 3.8) is 0 Å². The molecule has 0 aliphatic carbocycles. The van der Waals surface area contributed by atoms with Crippen LogP contribution < -0.4 is 4.90 Å². The van der Waals surface area contributed by atoms with E-state index in [2.05, 4.69) is 0 Å². The molecule has 0 bridgehead atoms. The number of hydrogen-bond acceptors (Lipinski definition) is 6. The molecule has 0 aromatic heterocycles. The summed E-state index contributed by atoms with van der Waals surface area (Å²) in [6.45, 7) is 6.11. The lowest BCUT2D eigenvalue weighted by Gasteiger charge is -2.40. The van der Waals surface area contributed by atoms with Crippen molar-refractivity contribution >= 4 is 34.2 Å². The summed E-state index contributed by atoms with van der Waals surface area (Å²) in [5, 5.41) is 12.6. The molecule has 2 aromatic rings. The number of nitrogens with zero attached hydrogens (tertiary/aromatic N) is 2.